The zero-order valence-electron chi connectivity index (χ0n) is 9.48. The minimum Gasteiger partial charge on any atom is -0.454 e. The normalized spacial score (nSPS) is 18.8. The molecule has 1 aliphatic heterocycles. The Morgan fingerprint density at radius 2 is 2.18 bits per heavy atom. The first-order valence-corrected chi connectivity index (χ1v) is 5.89. The lowest BCUT2D eigenvalue weighted by Gasteiger charge is -2.11. The van der Waals surface area contributed by atoms with E-state index in [9.17, 15) is 5.26 Å². The number of fused-ring (bicyclic) bond motifs is 1. The monoisotopic (exact) mass is 230 g/mol. The summed E-state index contributed by atoms with van der Waals surface area (Å²) in [4.78, 5) is 0. The summed E-state index contributed by atoms with van der Waals surface area (Å²) >= 11 is 0. The van der Waals surface area contributed by atoms with Crippen LogP contribution in [0.3, 0.4) is 0 Å². The van der Waals surface area contributed by atoms with Crippen LogP contribution in [0.2, 0.25) is 0 Å². The van der Waals surface area contributed by atoms with E-state index >= 15 is 0 Å². The summed E-state index contributed by atoms with van der Waals surface area (Å²) in [5.41, 5.74) is 0.942. The second-order valence-corrected chi connectivity index (χ2v) is 4.53. The van der Waals surface area contributed by atoms with Gasteiger partial charge < -0.3 is 9.47 Å². The second kappa shape index (κ2) is 4.27. The van der Waals surface area contributed by atoms with Crippen molar-refractivity contribution < 1.29 is 9.47 Å². The van der Waals surface area contributed by atoms with Crippen LogP contribution >= 0.6 is 0 Å². The average molecular weight is 230 g/mol. The van der Waals surface area contributed by atoms with Crippen molar-refractivity contribution in [3.05, 3.63) is 23.8 Å². The number of nitriles is 1. The van der Waals surface area contributed by atoms with Gasteiger partial charge in [0.2, 0.25) is 6.79 Å². The van der Waals surface area contributed by atoms with Gasteiger partial charge in [0.05, 0.1) is 6.07 Å². The summed E-state index contributed by atoms with van der Waals surface area (Å²) in [6.45, 7) is 1.19. The molecule has 1 atom stereocenters. The standard InChI is InChI=1S/C13H14N2O2/c14-6-11(15-7-9-1-2-9)10-3-4-12-13(5-10)17-8-16-12/h3-5,9,11,15H,1-2,7-8H2. The molecule has 17 heavy (non-hydrogen) atoms. The van der Waals surface area contributed by atoms with E-state index < -0.39 is 0 Å². The lowest BCUT2D eigenvalue weighted by atomic mass is 10.1. The molecule has 88 valence electrons. The van der Waals surface area contributed by atoms with Gasteiger partial charge in [0.1, 0.15) is 6.04 Å². The third-order valence-corrected chi connectivity index (χ3v) is 3.17. The highest BCUT2D eigenvalue weighted by Crippen LogP contribution is 2.34. The highest BCUT2D eigenvalue weighted by molar-refractivity contribution is 5.46. The maximum Gasteiger partial charge on any atom is 0.231 e. The molecule has 0 radical (unpaired) electrons. The Balaban J connectivity index is 1.74. The minimum absolute atomic E-state index is 0.259. The van der Waals surface area contributed by atoms with Crippen molar-refractivity contribution in [1.29, 1.82) is 5.26 Å². The van der Waals surface area contributed by atoms with E-state index in [1.54, 1.807) is 0 Å². The molecule has 1 saturated carbocycles. The molecule has 1 aromatic carbocycles. The van der Waals surface area contributed by atoms with Gasteiger partial charge >= 0.3 is 0 Å². The molecule has 1 heterocycles. The summed E-state index contributed by atoms with van der Waals surface area (Å²) in [6.07, 6.45) is 2.57. The Labute approximate surface area is 100 Å². The molecule has 0 bridgehead atoms. The molecule has 1 unspecified atom stereocenters. The maximum atomic E-state index is 9.18. The molecule has 4 heteroatoms. The van der Waals surface area contributed by atoms with Gasteiger partial charge in [-0.1, -0.05) is 6.07 Å². The van der Waals surface area contributed by atoms with Gasteiger partial charge in [-0.25, -0.2) is 0 Å². The first-order valence-electron chi connectivity index (χ1n) is 5.89. The van der Waals surface area contributed by atoms with Crippen molar-refractivity contribution in [1.82, 2.24) is 5.32 Å². The molecular weight excluding hydrogens is 216 g/mol. The molecule has 0 aromatic heterocycles. The Morgan fingerprint density at radius 1 is 1.35 bits per heavy atom. The molecule has 1 aliphatic carbocycles. The third-order valence-electron chi connectivity index (χ3n) is 3.17. The number of ether oxygens (including phenoxy) is 2. The molecule has 1 aromatic rings. The summed E-state index contributed by atoms with van der Waals surface area (Å²) in [5.74, 6) is 2.25. The number of hydrogen-bond acceptors (Lipinski definition) is 4. The van der Waals surface area contributed by atoms with E-state index in [2.05, 4.69) is 11.4 Å². The lowest BCUT2D eigenvalue weighted by Crippen LogP contribution is -2.22. The van der Waals surface area contributed by atoms with E-state index in [0.29, 0.717) is 0 Å². The maximum absolute atomic E-state index is 9.18. The van der Waals surface area contributed by atoms with Crippen molar-refractivity contribution >= 4 is 0 Å². The van der Waals surface area contributed by atoms with E-state index in [-0.39, 0.29) is 12.8 Å². The number of rotatable bonds is 4. The summed E-state index contributed by atoms with van der Waals surface area (Å²) in [6, 6.07) is 7.69. The highest BCUT2D eigenvalue weighted by Gasteiger charge is 2.23. The second-order valence-electron chi connectivity index (χ2n) is 4.53. The van der Waals surface area contributed by atoms with Crippen LogP contribution in [-0.2, 0) is 0 Å². The van der Waals surface area contributed by atoms with E-state index in [1.165, 1.54) is 12.8 Å². The van der Waals surface area contributed by atoms with Crippen LogP contribution in [0, 0.1) is 17.2 Å². The van der Waals surface area contributed by atoms with Gasteiger partial charge in [-0.15, -0.1) is 0 Å². The number of nitrogens with one attached hydrogen (secondary N) is 1. The van der Waals surface area contributed by atoms with Crippen molar-refractivity contribution in [2.75, 3.05) is 13.3 Å². The molecule has 1 N–H and O–H groups in total. The fourth-order valence-corrected chi connectivity index (χ4v) is 1.94. The minimum atomic E-state index is -0.259. The van der Waals surface area contributed by atoms with Gasteiger partial charge in [-0.05, 0) is 43.0 Å². The fraction of sp³-hybridized carbons (Fsp3) is 0.462. The van der Waals surface area contributed by atoms with Crippen LogP contribution in [0.5, 0.6) is 11.5 Å². The number of hydrogen-bond donors (Lipinski definition) is 1. The topological polar surface area (TPSA) is 54.3 Å². The van der Waals surface area contributed by atoms with Crippen LogP contribution < -0.4 is 14.8 Å². The van der Waals surface area contributed by atoms with E-state index in [1.807, 2.05) is 18.2 Å². The zero-order chi connectivity index (χ0) is 11.7. The first-order chi connectivity index (χ1) is 8.36. The van der Waals surface area contributed by atoms with E-state index in [4.69, 9.17) is 9.47 Å². The Bertz CT molecular complexity index is 463. The molecule has 4 nitrogen and oxygen atoms in total. The zero-order valence-corrected chi connectivity index (χ0v) is 9.48. The summed E-state index contributed by atoms with van der Waals surface area (Å²) < 4.78 is 10.6. The van der Waals surface area contributed by atoms with Crippen molar-refractivity contribution in [2.45, 2.75) is 18.9 Å². The predicted molar refractivity (Wildman–Crippen MR) is 61.6 cm³/mol. The Kier molecular flexibility index (Phi) is 2.62. The molecule has 3 rings (SSSR count). The van der Waals surface area contributed by atoms with Crippen molar-refractivity contribution in [2.24, 2.45) is 5.92 Å². The average Bonchev–Trinajstić information content (AvgIpc) is 3.06. The van der Waals surface area contributed by atoms with Crippen molar-refractivity contribution in [3.8, 4) is 17.6 Å². The summed E-state index contributed by atoms with van der Waals surface area (Å²) in [7, 11) is 0. The molecule has 0 saturated heterocycles. The van der Waals surface area contributed by atoms with Gasteiger partial charge in [-0.2, -0.15) is 5.26 Å². The van der Waals surface area contributed by atoms with Gasteiger partial charge in [-0.3, -0.25) is 5.32 Å². The molecular formula is C13H14N2O2. The van der Waals surface area contributed by atoms with Crippen LogP contribution in [0.4, 0.5) is 0 Å². The summed E-state index contributed by atoms with van der Waals surface area (Å²) in [5, 5.41) is 12.5. The molecule has 0 spiro atoms. The van der Waals surface area contributed by atoms with Gasteiger partial charge in [0.15, 0.2) is 11.5 Å². The Morgan fingerprint density at radius 3 is 2.94 bits per heavy atom. The number of nitrogens with zero attached hydrogens (tertiary/aromatic N) is 1. The molecule has 1 fully saturated rings. The van der Waals surface area contributed by atoms with E-state index in [0.717, 1.165) is 29.5 Å². The Hall–Kier alpha value is -1.73. The SMILES string of the molecule is N#CC(NCC1CC1)c1ccc2c(c1)OCO2. The third kappa shape index (κ3) is 2.20. The van der Waals surface area contributed by atoms with Crippen LogP contribution in [-0.4, -0.2) is 13.3 Å². The van der Waals surface area contributed by atoms with Crippen LogP contribution in [0.15, 0.2) is 18.2 Å². The molecule has 2 aliphatic rings. The largest absolute Gasteiger partial charge is 0.454 e. The lowest BCUT2D eigenvalue weighted by molar-refractivity contribution is 0.174. The quantitative estimate of drug-likeness (QED) is 0.859. The highest BCUT2D eigenvalue weighted by atomic mass is 16.7. The van der Waals surface area contributed by atoms with Gasteiger partial charge in [0, 0.05) is 0 Å². The smallest absolute Gasteiger partial charge is 0.231 e. The van der Waals surface area contributed by atoms with Crippen LogP contribution in [0.25, 0.3) is 0 Å². The fourth-order valence-electron chi connectivity index (χ4n) is 1.94. The van der Waals surface area contributed by atoms with Crippen molar-refractivity contribution in [3.63, 3.8) is 0 Å². The molecule has 0 amide bonds. The van der Waals surface area contributed by atoms with Gasteiger partial charge in [0.25, 0.3) is 0 Å². The van der Waals surface area contributed by atoms with Crippen LogP contribution in [0.1, 0.15) is 24.4 Å². The number of benzene rings is 1. The first kappa shape index (κ1) is 10.4. The predicted octanol–water partition coefficient (Wildman–Crippen LogP) is 1.98.